The van der Waals surface area contributed by atoms with Crippen LogP contribution in [0.5, 0.6) is 0 Å². The van der Waals surface area contributed by atoms with E-state index in [9.17, 15) is 0 Å². The van der Waals surface area contributed by atoms with Gasteiger partial charge in [-0.1, -0.05) is 11.6 Å². The summed E-state index contributed by atoms with van der Waals surface area (Å²) in [4.78, 5) is 10.5. The van der Waals surface area contributed by atoms with E-state index in [1.165, 1.54) is 12.8 Å². The molecule has 0 saturated heterocycles. The molecule has 6 heteroatoms. The molecule has 0 atom stereocenters. The molecule has 1 aliphatic carbocycles. The highest BCUT2D eigenvalue weighted by molar-refractivity contribution is 6.32. The first-order valence-electron chi connectivity index (χ1n) is 6.76. The maximum Gasteiger partial charge on any atom is 0.224 e. The van der Waals surface area contributed by atoms with Gasteiger partial charge in [-0.05, 0) is 25.7 Å². The molecular formula is C13H21ClN4O. The van der Waals surface area contributed by atoms with Crippen LogP contribution < -0.4 is 10.2 Å². The van der Waals surface area contributed by atoms with Crippen LogP contribution in [-0.4, -0.2) is 43.3 Å². The van der Waals surface area contributed by atoms with E-state index in [0.29, 0.717) is 17.6 Å². The van der Waals surface area contributed by atoms with E-state index in [1.54, 1.807) is 6.20 Å². The maximum atomic E-state index is 6.13. The van der Waals surface area contributed by atoms with Crippen molar-refractivity contribution in [2.45, 2.75) is 19.8 Å². The number of aromatic nitrogens is 2. The van der Waals surface area contributed by atoms with Crippen LogP contribution in [0.1, 0.15) is 19.8 Å². The summed E-state index contributed by atoms with van der Waals surface area (Å²) >= 11 is 6.13. The number of halogens is 1. The molecule has 106 valence electrons. The topological polar surface area (TPSA) is 50.3 Å². The molecule has 1 aromatic heterocycles. The number of rotatable bonds is 8. The second-order valence-corrected chi connectivity index (χ2v) is 5.24. The van der Waals surface area contributed by atoms with Gasteiger partial charge in [0.05, 0.1) is 12.8 Å². The first kappa shape index (κ1) is 14.3. The lowest BCUT2D eigenvalue weighted by Crippen LogP contribution is -2.24. The van der Waals surface area contributed by atoms with Gasteiger partial charge in [0.2, 0.25) is 5.95 Å². The van der Waals surface area contributed by atoms with Gasteiger partial charge in [-0.2, -0.15) is 4.98 Å². The van der Waals surface area contributed by atoms with Crippen LogP contribution >= 0.6 is 11.6 Å². The Morgan fingerprint density at radius 3 is 3.00 bits per heavy atom. The smallest absolute Gasteiger partial charge is 0.224 e. The second kappa shape index (κ2) is 6.91. The van der Waals surface area contributed by atoms with Crippen molar-refractivity contribution in [1.29, 1.82) is 0 Å². The SMILES string of the molecule is CCNc1ncc(Cl)c(N(C)CCOCC2CC2)n1. The molecule has 1 aromatic rings. The molecule has 0 bridgehead atoms. The van der Waals surface area contributed by atoms with Crippen molar-refractivity contribution in [3.63, 3.8) is 0 Å². The lowest BCUT2D eigenvalue weighted by Gasteiger charge is -2.19. The van der Waals surface area contributed by atoms with Gasteiger partial charge in [0.25, 0.3) is 0 Å². The predicted molar refractivity (Wildman–Crippen MR) is 78.0 cm³/mol. The number of ether oxygens (including phenoxy) is 1. The molecule has 1 aliphatic rings. The molecule has 0 amide bonds. The van der Waals surface area contributed by atoms with Gasteiger partial charge in [0.15, 0.2) is 5.82 Å². The fraction of sp³-hybridized carbons (Fsp3) is 0.692. The third-order valence-electron chi connectivity index (χ3n) is 3.04. The van der Waals surface area contributed by atoms with E-state index in [1.807, 2.05) is 18.9 Å². The van der Waals surface area contributed by atoms with Crippen LogP contribution in [0, 0.1) is 5.92 Å². The summed E-state index contributed by atoms with van der Waals surface area (Å²) < 4.78 is 5.62. The van der Waals surface area contributed by atoms with Crippen molar-refractivity contribution >= 4 is 23.4 Å². The summed E-state index contributed by atoms with van der Waals surface area (Å²) in [6.07, 6.45) is 4.27. The Labute approximate surface area is 119 Å². The number of nitrogens with zero attached hydrogens (tertiary/aromatic N) is 3. The van der Waals surface area contributed by atoms with E-state index in [-0.39, 0.29) is 0 Å². The van der Waals surface area contributed by atoms with Crippen LogP contribution in [0.2, 0.25) is 5.02 Å². The van der Waals surface area contributed by atoms with E-state index >= 15 is 0 Å². The van der Waals surface area contributed by atoms with Gasteiger partial charge >= 0.3 is 0 Å². The highest BCUT2D eigenvalue weighted by Gasteiger charge is 2.21. The zero-order chi connectivity index (χ0) is 13.7. The first-order chi connectivity index (χ1) is 9.20. The van der Waals surface area contributed by atoms with Crippen LogP contribution in [0.4, 0.5) is 11.8 Å². The Kier molecular flexibility index (Phi) is 5.22. The third-order valence-corrected chi connectivity index (χ3v) is 3.31. The zero-order valence-electron chi connectivity index (χ0n) is 11.5. The molecule has 0 spiro atoms. The van der Waals surface area contributed by atoms with Crippen LogP contribution in [0.3, 0.4) is 0 Å². The molecule has 0 aromatic carbocycles. The van der Waals surface area contributed by atoms with E-state index in [4.69, 9.17) is 16.3 Å². The van der Waals surface area contributed by atoms with Gasteiger partial charge in [0, 0.05) is 26.7 Å². The van der Waals surface area contributed by atoms with Gasteiger partial charge in [-0.3, -0.25) is 0 Å². The molecule has 1 N–H and O–H groups in total. The quantitative estimate of drug-likeness (QED) is 0.743. The summed E-state index contributed by atoms with van der Waals surface area (Å²) in [7, 11) is 1.96. The molecular weight excluding hydrogens is 264 g/mol. The van der Waals surface area contributed by atoms with Gasteiger partial charge in [-0.25, -0.2) is 4.98 Å². The van der Waals surface area contributed by atoms with Crippen LogP contribution in [-0.2, 0) is 4.74 Å². The highest BCUT2D eigenvalue weighted by Crippen LogP contribution is 2.28. The standard InChI is InChI=1S/C13H21ClN4O/c1-3-15-13-16-8-11(14)12(17-13)18(2)6-7-19-9-10-4-5-10/h8,10H,3-7,9H2,1-2H3,(H,15,16,17). The van der Waals surface area contributed by atoms with Gasteiger partial charge in [-0.15, -0.1) is 0 Å². The van der Waals surface area contributed by atoms with Crippen LogP contribution in [0.25, 0.3) is 0 Å². The zero-order valence-corrected chi connectivity index (χ0v) is 12.3. The Bertz CT molecular complexity index is 412. The Morgan fingerprint density at radius 1 is 1.53 bits per heavy atom. The molecule has 19 heavy (non-hydrogen) atoms. The summed E-state index contributed by atoms with van der Waals surface area (Å²) in [6.45, 7) is 5.15. The monoisotopic (exact) mass is 284 g/mol. The van der Waals surface area contributed by atoms with Crippen LogP contribution in [0.15, 0.2) is 6.20 Å². The fourth-order valence-corrected chi connectivity index (χ4v) is 1.95. The number of hydrogen-bond donors (Lipinski definition) is 1. The second-order valence-electron chi connectivity index (χ2n) is 4.84. The van der Waals surface area contributed by atoms with E-state index in [2.05, 4.69) is 15.3 Å². The number of hydrogen-bond acceptors (Lipinski definition) is 5. The molecule has 5 nitrogen and oxygen atoms in total. The number of anilines is 2. The van der Waals surface area contributed by atoms with Crippen molar-refractivity contribution in [1.82, 2.24) is 9.97 Å². The lowest BCUT2D eigenvalue weighted by atomic mass is 10.4. The number of nitrogens with one attached hydrogen (secondary N) is 1. The minimum atomic E-state index is 0.561. The van der Waals surface area contributed by atoms with Gasteiger partial charge < -0.3 is 15.0 Å². The average Bonchev–Trinajstić information content (AvgIpc) is 3.21. The molecule has 1 saturated carbocycles. The van der Waals surface area contributed by atoms with Crippen molar-refractivity contribution in [3.05, 3.63) is 11.2 Å². The maximum absolute atomic E-state index is 6.13. The Morgan fingerprint density at radius 2 is 2.32 bits per heavy atom. The van der Waals surface area contributed by atoms with Crippen molar-refractivity contribution in [2.75, 3.05) is 43.6 Å². The summed E-state index contributed by atoms with van der Waals surface area (Å²) in [5, 5.41) is 3.64. The minimum Gasteiger partial charge on any atom is -0.379 e. The minimum absolute atomic E-state index is 0.561. The number of likely N-dealkylation sites (N-methyl/N-ethyl adjacent to an activating group) is 1. The van der Waals surface area contributed by atoms with Crippen molar-refractivity contribution < 1.29 is 4.74 Å². The van der Waals surface area contributed by atoms with Gasteiger partial charge in [0.1, 0.15) is 5.02 Å². The summed E-state index contributed by atoms with van der Waals surface area (Å²) in [6, 6.07) is 0. The van der Waals surface area contributed by atoms with Crippen molar-refractivity contribution in [3.8, 4) is 0 Å². The highest BCUT2D eigenvalue weighted by atomic mass is 35.5. The largest absolute Gasteiger partial charge is 0.379 e. The predicted octanol–water partition coefficient (Wildman–Crippen LogP) is 2.42. The molecule has 1 fully saturated rings. The lowest BCUT2D eigenvalue weighted by molar-refractivity contribution is 0.131. The normalized spacial score (nSPS) is 14.5. The average molecular weight is 285 g/mol. The van der Waals surface area contributed by atoms with E-state index < -0.39 is 0 Å². The molecule has 2 rings (SSSR count). The molecule has 0 radical (unpaired) electrons. The summed E-state index contributed by atoms with van der Waals surface area (Å²) in [5.41, 5.74) is 0. The van der Waals surface area contributed by atoms with E-state index in [0.717, 1.165) is 31.4 Å². The molecule has 1 heterocycles. The molecule has 0 aliphatic heterocycles. The Hall–Kier alpha value is -1.07. The molecule has 0 unspecified atom stereocenters. The fourth-order valence-electron chi connectivity index (χ4n) is 1.71. The third kappa shape index (κ3) is 4.51. The summed E-state index contributed by atoms with van der Waals surface area (Å²) in [5.74, 6) is 2.14. The van der Waals surface area contributed by atoms with Crippen molar-refractivity contribution in [2.24, 2.45) is 5.92 Å². The Balaban J connectivity index is 1.84. The first-order valence-corrected chi connectivity index (χ1v) is 7.13.